The number of rotatable bonds is 5. The van der Waals surface area contributed by atoms with E-state index in [1.807, 2.05) is 6.92 Å². The van der Waals surface area contributed by atoms with Crippen LogP contribution in [0.25, 0.3) is 11.0 Å². The van der Waals surface area contributed by atoms with Crippen LogP contribution in [0.5, 0.6) is 0 Å². The molecule has 0 aliphatic heterocycles. The van der Waals surface area contributed by atoms with Gasteiger partial charge in [0.1, 0.15) is 23.1 Å². The van der Waals surface area contributed by atoms with Crippen LogP contribution in [0, 0.1) is 11.6 Å². The maximum Gasteiger partial charge on any atom is 0.244 e. The van der Waals surface area contributed by atoms with E-state index in [0.29, 0.717) is 33.4 Å². The molecule has 140 valence electrons. The third kappa shape index (κ3) is 4.26. The average molecular weight is 411 g/mol. The Kier molecular flexibility index (Phi) is 5.72. The minimum atomic E-state index is -0.844. The summed E-state index contributed by atoms with van der Waals surface area (Å²) in [5.74, 6) is -1.85. The Morgan fingerprint density at radius 2 is 1.78 bits per heavy atom. The van der Waals surface area contributed by atoms with E-state index < -0.39 is 23.2 Å². The summed E-state index contributed by atoms with van der Waals surface area (Å²) >= 11 is 12.0. The monoisotopic (exact) mass is 410 g/mol. The van der Waals surface area contributed by atoms with Crippen LogP contribution < -0.4 is 10.2 Å². The average Bonchev–Trinajstić information content (AvgIpc) is 2.63. The first-order valence-corrected chi connectivity index (χ1v) is 8.75. The number of fused-ring (bicyclic) bond motifs is 1. The summed E-state index contributed by atoms with van der Waals surface area (Å²) in [6.45, 7) is 2.08. The molecule has 0 unspecified atom stereocenters. The molecular weight excluding hydrogens is 397 g/mol. The van der Waals surface area contributed by atoms with E-state index in [9.17, 15) is 13.6 Å². The number of amides is 1. The Bertz CT molecular complexity index is 996. The molecule has 0 fully saturated rings. The van der Waals surface area contributed by atoms with Gasteiger partial charge in [0.05, 0.1) is 33.8 Å². The van der Waals surface area contributed by atoms with Crippen molar-refractivity contribution in [1.29, 1.82) is 0 Å². The normalized spacial score (nSPS) is 10.9. The number of aromatic nitrogens is 2. The van der Waals surface area contributed by atoms with Gasteiger partial charge < -0.3 is 10.2 Å². The number of hydrogen-bond donors (Lipinski definition) is 1. The molecule has 0 aliphatic rings. The molecule has 3 rings (SSSR count). The van der Waals surface area contributed by atoms with Gasteiger partial charge in [0, 0.05) is 6.54 Å². The molecule has 2 aromatic carbocycles. The van der Waals surface area contributed by atoms with E-state index in [2.05, 4.69) is 15.3 Å². The molecule has 0 spiro atoms. The van der Waals surface area contributed by atoms with Crippen LogP contribution in [0.3, 0.4) is 0 Å². The molecule has 27 heavy (non-hydrogen) atoms. The number of carbonyl (C=O) groups excluding carboxylic acids is 1. The van der Waals surface area contributed by atoms with Gasteiger partial charge in [0.25, 0.3) is 0 Å². The molecule has 9 heteroatoms. The Hall–Kier alpha value is -2.51. The summed E-state index contributed by atoms with van der Waals surface area (Å²) in [4.78, 5) is 22.6. The van der Waals surface area contributed by atoms with Crippen LogP contribution >= 0.6 is 23.2 Å². The number of para-hydroxylation sites is 1. The van der Waals surface area contributed by atoms with Gasteiger partial charge in [0.2, 0.25) is 5.91 Å². The van der Waals surface area contributed by atoms with E-state index >= 15 is 0 Å². The number of hydrogen-bond acceptors (Lipinski definition) is 4. The highest BCUT2D eigenvalue weighted by Crippen LogP contribution is 2.27. The van der Waals surface area contributed by atoms with Crippen molar-refractivity contribution in [3.63, 3.8) is 0 Å². The Balaban J connectivity index is 1.81. The van der Waals surface area contributed by atoms with Crippen molar-refractivity contribution >= 4 is 51.6 Å². The van der Waals surface area contributed by atoms with E-state index in [0.717, 1.165) is 12.1 Å². The van der Waals surface area contributed by atoms with Gasteiger partial charge in [0.15, 0.2) is 0 Å². The first kappa shape index (κ1) is 19.3. The molecule has 0 atom stereocenters. The van der Waals surface area contributed by atoms with Crippen LogP contribution in [0.4, 0.5) is 20.3 Å². The molecule has 0 aliphatic carbocycles. The fourth-order valence-corrected chi connectivity index (χ4v) is 2.79. The largest absolute Gasteiger partial charge is 0.346 e. The van der Waals surface area contributed by atoms with E-state index in [-0.39, 0.29) is 6.54 Å². The second-order valence-electron chi connectivity index (χ2n) is 5.64. The highest BCUT2D eigenvalue weighted by molar-refractivity contribution is 6.42. The third-order valence-electron chi connectivity index (χ3n) is 3.84. The lowest BCUT2D eigenvalue weighted by molar-refractivity contribution is -0.115. The maximum atomic E-state index is 13.7. The number of likely N-dealkylation sites (N-methyl/N-ethyl adjacent to an activating group) is 1. The van der Waals surface area contributed by atoms with E-state index in [1.165, 1.54) is 12.3 Å². The minimum Gasteiger partial charge on any atom is -0.346 e. The molecule has 1 N–H and O–H groups in total. The summed E-state index contributed by atoms with van der Waals surface area (Å²) in [5, 5.41) is 2.95. The lowest BCUT2D eigenvalue weighted by Gasteiger charge is -2.21. The van der Waals surface area contributed by atoms with Crippen LogP contribution in [-0.2, 0) is 4.79 Å². The molecule has 1 amide bonds. The first-order valence-electron chi connectivity index (χ1n) is 7.99. The summed E-state index contributed by atoms with van der Waals surface area (Å²) < 4.78 is 27.4. The standard InChI is InChI=1S/C18H14Cl2F2N4O/c1-2-26(9-17(27)25-18-12(21)4-3-5-13(18)22)16-8-23-14-6-10(19)11(20)7-15(14)24-16/h3-8H,2,9H2,1H3,(H,25,27). The SMILES string of the molecule is CCN(CC(=O)Nc1c(F)cccc1F)c1cnc2cc(Cl)c(Cl)cc2n1. The second kappa shape index (κ2) is 8.02. The molecule has 0 radical (unpaired) electrons. The topological polar surface area (TPSA) is 58.1 Å². The zero-order chi connectivity index (χ0) is 19.6. The molecule has 0 saturated carbocycles. The molecule has 1 heterocycles. The van der Waals surface area contributed by atoms with Gasteiger partial charge in [-0.3, -0.25) is 9.78 Å². The van der Waals surface area contributed by atoms with Crippen molar-refractivity contribution in [3.05, 3.63) is 58.2 Å². The van der Waals surface area contributed by atoms with Crippen LogP contribution in [0.1, 0.15) is 6.92 Å². The zero-order valence-corrected chi connectivity index (χ0v) is 15.7. The lowest BCUT2D eigenvalue weighted by Crippen LogP contribution is -2.34. The summed E-state index contributed by atoms with van der Waals surface area (Å²) in [6.07, 6.45) is 1.49. The van der Waals surface area contributed by atoms with Crippen molar-refractivity contribution < 1.29 is 13.6 Å². The molecule has 0 bridgehead atoms. The Morgan fingerprint density at radius 3 is 2.41 bits per heavy atom. The van der Waals surface area contributed by atoms with Gasteiger partial charge in [-0.2, -0.15) is 0 Å². The van der Waals surface area contributed by atoms with Crippen molar-refractivity contribution in [2.24, 2.45) is 0 Å². The maximum absolute atomic E-state index is 13.7. The van der Waals surface area contributed by atoms with Crippen LogP contribution in [0.15, 0.2) is 36.5 Å². The fraction of sp³-hybridized carbons (Fsp3) is 0.167. The van der Waals surface area contributed by atoms with Gasteiger partial charge >= 0.3 is 0 Å². The van der Waals surface area contributed by atoms with Gasteiger partial charge in [-0.25, -0.2) is 13.8 Å². The van der Waals surface area contributed by atoms with Crippen molar-refractivity contribution in [3.8, 4) is 0 Å². The number of nitrogens with zero attached hydrogens (tertiary/aromatic N) is 3. The minimum absolute atomic E-state index is 0.161. The molecule has 5 nitrogen and oxygen atoms in total. The van der Waals surface area contributed by atoms with Crippen molar-refractivity contribution in [2.75, 3.05) is 23.3 Å². The van der Waals surface area contributed by atoms with E-state index in [1.54, 1.807) is 17.0 Å². The van der Waals surface area contributed by atoms with Crippen molar-refractivity contribution in [1.82, 2.24) is 9.97 Å². The predicted octanol–water partition coefficient (Wildman–Crippen LogP) is 4.68. The Labute approximate surface area is 163 Å². The predicted molar refractivity (Wildman–Crippen MR) is 102 cm³/mol. The van der Waals surface area contributed by atoms with Crippen LogP contribution in [0.2, 0.25) is 10.0 Å². The zero-order valence-electron chi connectivity index (χ0n) is 14.1. The number of halogens is 4. The highest BCUT2D eigenvalue weighted by Gasteiger charge is 2.16. The van der Waals surface area contributed by atoms with Gasteiger partial charge in [-0.1, -0.05) is 29.3 Å². The van der Waals surface area contributed by atoms with Gasteiger partial charge in [-0.05, 0) is 31.2 Å². The summed E-state index contributed by atoms with van der Waals surface area (Å²) in [6, 6.07) is 6.54. The number of anilines is 2. The summed E-state index contributed by atoms with van der Waals surface area (Å²) in [7, 11) is 0. The molecular formula is C18H14Cl2F2N4O. The lowest BCUT2D eigenvalue weighted by atomic mass is 10.3. The molecule has 1 aromatic heterocycles. The van der Waals surface area contributed by atoms with Crippen molar-refractivity contribution in [2.45, 2.75) is 6.92 Å². The number of nitrogens with one attached hydrogen (secondary N) is 1. The highest BCUT2D eigenvalue weighted by atomic mass is 35.5. The Morgan fingerprint density at radius 1 is 1.15 bits per heavy atom. The van der Waals surface area contributed by atoms with Crippen LogP contribution in [-0.4, -0.2) is 29.0 Å². The molecule has 3 aromatic rings. The molecule has 0 saturated heterocycles. The number of benzene rings is 2. The summed E-state index contributed by atoms with van der Waals surface area (Å²) in [5.41, 5.74) is 0.590. The third-order valence-corrected chi connectivity index (χ3v) is 4.56. The van der Waals surface area contributed by atoms with E-state index in [4.69, 9.17) is 23.2 Å². The quantitative estimate of drug-likeness (QED) is 0.663. The second-order valence-corrected chi connectivity index (χ2v) is 6.46. The first-order chi connectivity index (χ1) is 12.9. The van der Waals surface area contributed by atoms with Gasteiger partial charge in [-0.15, -0.1) is 0 Å². The smallest absolute Gasteiger partial charge is 0.244 e. The fourth-order valence-electron chi connectivity index (χ4n) is 2.48. The number of carbonyl (C=O) groups is 1.